The molecule has 0 aromatic rings. The van der Waals surface area contributed by atoms with Crippen molar-refractivity contribution in [3.8, 4) is 0 Å². The number of ether oxygens (including phenoxy) is 1. The van der Waals surface area contributed by atoms with Gasteiger partial charge in [0.05, 0.1) is 12.0 Å². The van der Waals surface area contributed by atoms with Gasteiger partial charge in [0.2, 0.25) is 5.67 Å². The van der Waals surface area contributed by atoms with Gasteiger partial charge in [0, 0.05) is 0 Å². The van der Waals surface area contributed by atoms with Crippen molar-refractivity contribution in [3.05, 3.63) is 12.2 Å². The van der Waals surface area contributed by atoms with E-state index >= 15 is 0 Å². The highest BCUT2D eigenvalue weighted by Crippen LogP contribution is 2.86. The minimum Gasteiger partial charge on any atom is -0.363 e. The van der Waals surface area contributed by atoms with Crippen LogP contribution in [0.4, 0.5) is 30.7 Å². The van der Waals surface area contributed by atoms with Crippen molar-refractivity contribution in [2.45, 2.75) is 41.1 Å². The second-order valence-corrected chi connectivity index (χ2v) is 5.17. The molecule has 3 fully saturated rings. The Balaban J connectivity index is 1.96. The molecule has 4 aliphatic rings. The third-order valence-electron chi connectivity index (χ3n) is 4.72. The van der Waals surface area contributed by atoms with E-state index in [1.54, 1.807) is 0 Å². The van der Waals surface area contributed by atoms with Gasteiger partial charge in [-0.25, -0.2) is 13.2 Å². The molecular formula is C10H5F7O. The number of rotatable bonds is 0. The molecule has 0 aromatic heterocycles. The largest absolute Gasteiger partial charge is 0.363 e. The highest BCUT2D eigenvalue weighted by atomic mass is 19.3. The zero-order valence-corrected chi connectivity index (χ0v) is 8.44. The fraction of sp³-hybridized carbons (Fsp3) is 0.800. The summed E-state index contributed by atoms with van der Waals surface area (Å²) in [6.45, 7) is 0. The SMILES string of the molecule is FC12C(C3C=C[C@H]1O3)C1(F)C(F)(F)C(F)(F)C21F. The molecule has 1 nitrogen and oxygen atoms in total. The Morgan fingerprint density at radius 2 is 1.44 bits per heavy atom. The predicted molar refractivity (Wildman–Crippen MR) is 42.7 cm³/mol. The molecule has 6 atom stereocenters. The van der Waals surface area contributed by atoms with Gasteiger partial charge >= 0.3 is 11.8 Å². The molecule has 1 saturated heterocycles. The summed E-state index contributed by atoms with van der Waals surface area (Å²) in [5.41, 5.74) is -12.2. The van der Waals surface area contributed by atoms with Crippen molar-refractivity contribution < 1.29 is 35.5 Å². The zero-order valence-electron chi connectivity index (χ0n) is 8.44. The first-order valence-corrected chi connectivity index (χ1v) is 5.24. The van der Waals surface area contributed by atoms with Gasteiger partial charge in [-0.15, -0.1) is 0 Å². The number of hydrogen-bond donors (Lipinski definition) is 0. The third kappa shape index (κ3) is 0.543. The Bertz CT molecular complexity index is 504. The maximum absolute atomic E-state index is 14.3. The van der Waals surface area contributed by atoms with E-state index in [0.717, 1.165) is 12.2 Å². The van der Waals surface area contributed by atoms with Crippen molar-refractivity contribution in [2.24, 2.45) is 5.92 Å². The van der Waals surface area contributed by atoms with Crippen LogP contribution < -0.4 is 0 Å². The van der Waals surface area contributed by atoms with Crippen LogP contribution in [0.5, 0.6) is 0 Å². The number of fused-ring (bicyclic) bond motifs is 8. The van der Waals surface area contributed by atoms with Gasteiger partial charge in [-0.2, -0.15) is 17.6 Å². The summed E-state index contributed by atoms with van der Waals surface area (Å²) in [6.07, 6.45) is -1.09. The van der Waals surface area contributed by atoms with E-state index in [0.29, 0.717) is 0 Å². The number of hydrogen-bond acceptors (Lipinski definition) is 1. The van der Waals surface area contributed by atoms with Gasteiger partial charge < -0.3 is 4.74 Å². The standard InChI is InChI=1S/C10H5F7O/c11-6-4-2-1-3(18-4)5(6)7(12)8(6,13)10(16,17)9(7,14)15/h1-5H/t3?,4-,5?,6?,7?,8?/m1/s1. The molecule has 2 bridgehead atoms. The van der Waals surface area contributed by atoms with Gasteiger partial charge in [-0.3, -0.25) is 0 Å². The second kappa shape index (κ2) is 2.21. The number of halogens is 7. The maximum Gasteiger partial charge on any atom is 0.353 e. The maximum atomic E-state index is 14.3. The molecule has 0 aromatic carbocycles. The first kappa shape index (κ1) is 11.1. The summed E-state index contributed by atoms with van der Waals surface area (Å²) < 4.78 is 99.8. The lowest BCUT2D eigenvalue weighted by Gasteiger charge is -2.73. The molecule has 0 N–H and O–H groups in total. The first-order chi connectivity index (χ1) is 8.08. The third-order valence-corrected chi connectivity index (χ3v) is 4.72. The van der Waals surface area contributed by atoms with E-state index in [-0.39, 0.29) is 0 Å². The summed E-state index contributed by atoms with van der Waals surface area (Å²) >= 11 is 0. The summed E-state index contributed by atoms with van der Waals surface area (Å²) in [7, 11) is 0. The van der Waals surface area contributed by atoms with Gasteiger partial charge in [-0.1, -0.05) is 12.2 Å². The van der Waals surface area contributed by atoms with Crippen molar-refractivity contribution in [1.82, 2.24) is 0 Å². The molecule has 18 heavy (non-hydrogen) atoms. The van der Waals surface area contributed by atoms with Gasteiger partial charge in [0.25, 0.3) is 5.67 Å². The molecular weight excluding hydrogens is 269 g/mol. The van der Waals surface area contributed by atoms with Gasteiger partial charge in [0.15, 0.2) is 5.67 Å². The molecule has 2 heterocycles. The van der Waals surface area contributed by atoms with Gasteiger partial charge in [-0.05, 0) is 0 Å². The molecule has 2 aliphatic heterocycles. The van der Waals surface area contributed by atoms with Crippen molar-refractivity contribution in [3.63, 3.8) is 0 Å². The minimum absolute atomic E-state index is 0.967. The lowest BCUT2D eigenvalue weighted by molar-refractivity contribution is -0.527. The van der Waals surface area contributed by atoms with Crippen LogP contribution >= 0.6 is 0 Å². The van der Waals surface area contributed by atoms with Crippen LogP contribution in [0.2, 0.25) is 0 Å². The van der Waals surface area contributed by atoms with E-state index in [1.165, 1.54) is 0 Å². The van der Waals surface area contributed by atoms with Crippen LogP contribution in [0.15, 0.2) is 12.2 Å². The zero-order chi connectivity index (χ0) is 13.4. The lowest BCUT2D eigenvalue weighted by Crippen LogP contribution is -3.03. The second-order valence-electron chi connectivity index (χ2n) is 5.17. The van der Waals surface area contributed by atoms with Crippen LogP contribution in [-0.4, -0.2) is 41.1 Å². The predicted octanol–water partition coefficient (Wildman–Crippen LogP) is 2.36. The molecule has 100 valence electrons. The van der Waals surface area contributed by atoms with E-state index in [2.05, 4.69) is 0 Å². The molecule has 2 saturated carbocycles. The van der Waals surface area contributed by atoms with E-state index in [1.807, 2.05) is 0 Å². The first-order valence-electron chi connectivity index (χ1n) is 5.24. The van der Waals surface area contributed by atoms with Crippen molar-refractivity contribution in [1.29, 1.82) is 0 Å². The van der Waals surface area contributed by atoms with Crippen LogP contribution in [0.3, 0.4) is 0 Å². The Morgan fingerprint density at radius 1 is 0.833 bits per heavy atom. The van der Waals surface area contributed by atoms with Crippen LogP contribution in [0.25, 0.3) is 0 Å². The summed E-state index contributed by atoms with van der Waals surface area (Å²) in [5, 5.41) is 0. The van der Waals surface area contributed by atoms with Crippen LogP contribution in [-0.2, 0) is 4.74 Å². The average molecular weight is 274 g/mol. The lowest BCUT2D eigenvalue weighted by atomic mass is 9.35. The molecule has 0 amide bonds. The van der Waals surface area contributed by atoms with E-state index in [4.69, 9.17) is 4.74 Å². The fourth-order valence-electron chi connectivity index (χ4n) is 3.92. The van der Waals surface area contributed by atoms with Crippen LogP contribution in [0.1, 0.15) is 0 Å². The molecule has 4 rings (SSSR count). The molecule has 8 heteroatoms. The Hall–Kier alpha value is -0.790. The minimum atomic E-state index is -5.37. The van der Waals surface area contributed by atoms with Crippen molar-refractivity contribution >= 4 is 0 Å². The summed E-state index contributed by atoms with van der Waals surface area (Å²) in [4.78, 5) is 0. The van der Waals surface area contributed by atoms with Crippen molar-refractivity contribution in [2.75, 3.05) is 0 Å². The fourth-order valence-corrected chi connectivity index (χ4v) is 3.92. The Kier molecular flexibility index (Phi) is 1.36. The molecule has 5 unspecified atom stereocenters. The average Bonchev–Trinajstić information content (AvgIpc) is 2.84. The summed E-state index contributed by atoms with van der Waals surface area (Å²) in [6, 6.07) is 0. The summed E-state index contributed by atoms with van der Waals surface area (Å²) in [5.74, 6) is -12.8. The van der Waals surface area contributed by atoms with Crippen LogP contribution in [0, 0.1) is 5.92 Å². The molecule has 0 spiro atoms. The highest BCUT2D eigenvalue weighted by Gasteiger charge is 3.14. The normalized spacial score (nSPS) is 64.9. The quantitative estimate of drug-likeness (QED) is 0.487. The molecule has 2 aliphatic carbocycles. The van der Waals surface area contributed by atoms with E-state index < -0.39 is 47.0 Å². The Labute approximate surface area is 95.6 Å². The number of alkyl halides is 7. The smallest absolute Gasteiger partial charge is 0.353 e. The molecule has 0 radical (unpaired) electrons. The van der Waals surface area contributed by atoms with Gasteiger partial charge in [0.1, 0.15) is 6.10 Å². The topological polar surface area (TPSA) is 9.23 Å². The monoisotopic (exact) mass is 274 g/mol. The highest BCUT2D eigenvalue weighted by molar-refractivity contribution is 5.54. The van der Waals surface area contributed by atoms with E-state index in [9.17, 15) is 30.7 Å². The Morgan fingerprint density at radius 3 is 2.06 bits per heavy atom.